The molecule has 0 spiro atoms. The summed E-state index contributed by atoms with van der Waals surface area (Å²) >= 11 is 3.50. The fraction of sp³-hybridized carbons (Fsp3) is 0.929. The summed E-state index contributed by atoms with van der Waals surface area (Å²) < 4.78 is 11.5. The summed E-state index contributed by atoms with van der Waals surface area (Å²) in [5.41, 5.74) is -0.475. The van der Waals surface area contributed by atoms with Crippen molar-refractivity contribution in [2.45, 2.75) is 65.2 Å². The average molecular weight is 321 g/mol. The van der Waals surface area contributed by atoms with E-state index >= 15 is 0 Å². The van der Waals surface area contributed by atoms with Crippen LogP contribution in [0.4, 0.5) is 0 Å². The molecule has 1 aliphatic heterocycles. The van der Waals surface area contributed by atoms with Crippen LogP contribution in [0.25, 0.3) is 0 Å². The number of carbonyl (C=O) groups is 1. The maximum Gasteiger partial charge on any atom is 0.311 e. The molecule has 4 heteroatoms. The molecule has 0 bridgehead atoms. The minimum absolute atomic E-state index is 0.172. The Morgan fingerprint density at radius 3 is 2.28 bits per heavy atom. The summed E-state index contributed by atoms with van der Waals surface area (Å²) in [6.45, 7) is 12.0. The zero-order valence-corrected chi connectivity index (χ0v) is 13.8. The summed E-state index contributed by atoms with van der Waals surface area (Å²) in [7, 11) is 0. The van der Waals surface area contributed by atoms with Crippen LogP contribution in [0, 0.1) is 17.3 Å². The molecule has 0 amide bonds. The Balaban J connectivity index is 2.74. The van der Waals surface area contributed by atoms with Crippen LogP contribution < -0.4 is 0 Å². The molecule has 0 radical (unpaired) electrons. The van der Waals surface area contributed by atoms with Gasteiger partial charge in [-0.3, -0.25) is 4.79 Å². The van der Waals surface area contributed by atoms with E-state index in [4.69, 9.17) is 9.47 Å². The topological polar surface area (TPSA) is 35.5 Å². The molecule has 0 saturated carbocycles. The van der Waals surface area contributed by atoms with Crippen LogP contribution in [0.2, 0.25) is 0 Å². The number of ether oxygens (including phenoxy) is 2. The predicted octanol–water partition coefficient (Wildman–Crippen LogP) is 3.75. The molecule has 3 nitrogen and oxygen atoms in total. The number of hydrogen-bond donors (Lipinski definition) is 0. The average Bonchev–Trinajstić information content (AvgIpc) is 2.27. The SMILES string of the molecule is CC[C@H]1OC(Br)C(OC(=O)C(C)(C)C)[C@@H](C)[C@@H]1C. The van der Waals surface area contributed by atoms with Crippen LogP contribution >= 0.6 is 15.9 Å². The molecule has 1 aliphatic rings. The normalized spacial score (nSPS) is 37.4. The molecule has 106 valence electrons. The van der Waals surface area contributed by atoms with E-state index in [0.717, 1.165) is 6.42 Å². The third kappa shape index (κ3) is 3.47. The van der Waals surface area contributed by atoms with Gasteiger partial charge in [-0.05, 0) is 33.1 Å². The van der Waals surface area contributed by atoms with Gasteiger partial charge >= 0.3 is 5.97 Å². The molecular weight excluding hydrogens is 296 g/mol. The van der Waals surface area contributed by atoms with E-state index in [-0.39, 0.29) is 23.2 Å². The number of alkyl halides is 1. The van der Waals surface area contributed by atoms with Crippen molar-refractivity contribution < 1.29 is 14.3 Å². The van der Waals surface area contributed by atoms with Crippen molar-refractivity contribution >= 4 is 21.9 Å². The molecule has 0 aromatic rings. The highest BCUT2D eigenvalue weighted by Crippen LogP contribution is 2.37. The predicted molar refractivity (Wildman–Crippen MR) is 75.5 cm³/mol. The van der Waals surface area contributed by atoms with E-state index in [1.165, 1.54) is 0 Å². The van der Waals surface area contributed by atoms with Gasteiger partial charge in [0, 0.05) is 5.92 Å². The van der Waals surface area contributed by atoms with Crippen molar-refractivity contribution in [1.82, 2.24) is 0 Å². The summed E-state index contributed by atoms with van der Waals surface area (Å²) in [5.74, 6) is 0.510. The second-order valence-electron chi connectivity index (χ2n) is 6.27. The maximum absolute atomic E-state index is 12.0. The van der Waals surface area contributed by atoms with Crippen molar-refractivity contribution in [2.24, 2.45) is 17.3 Å². The standard InChI is InChI=1S/C14H25BrO3/c1-7-10-8(2)9(3)11(12(15)17-10)18-13(16)14(4,5)6/h8-12H,7H2,1-6H3/t8-,9-,10+,11?,12?/m0/s1. The number of rotatable bonds is 2. The van der Waals surface area contributed by atoms with Gasteiger partial charge in [0.15, 0.2) is 0 Å². The number of hydrogen-bond acceptors (Lipinski definition) is 3. The third-order valence-corrected chi connectivity index (χ3v) is 4.49. The van der Waals surface area contributed by atoms with E-state index in [2.05, 4.69) is 36.7 Å². The Hall–Kier alpha value is -0.0900. The van der Waals surface area contributed by atoms with Crippen molar-refractivity contribution in [2.75, 3.05) is 0 Å². The van der Waals surface area contributed by atoms with Gasteiger partial charge in [0.2, 0.25) is 0 Å². The van der Waals surface area contributed by atoms with Crippen LogP contribution in [0.1, 0.15) is 48.0 Å². The first-order valence-electron chi connectivity index (χ1n) is 6.69. The van der Waals surface area contributed by atoms with E-state index in [0.29, 0.717) is 11.8 Å². The lowest BCUT2D eigenvalue weighted by atomic mass is 9.83. The second-order valence-corrected chi connectivity index (χ2v) is 7.17. The molecule has 0 aromatic carbocycles. The van der Waals surface area contributed by atoms with Crippen molar-refractivity contribution in [3.05, 3.63) is 0 Å². The molecule has 2 unspecified atom stereocenters. The molecule has 18 heavy (non-hydrogen) atoms. The minimum Gasteiger partial charge on any atom is -0.458 e. The van der Waals surface area contributed by atoms with Crippen molar-refractivity contribution in [3.8, 4) is 0 Å². The third-order valence-electron chi connectivity index (χ3n) is 3.75. The summed E-state index contributed by atoms with van der Waals surface area (Å²) in [6, 6.07) is 0. The highest BCUT2D eigenvalue weighted by Gasteiger charge is 2.42. The monoisotopic (exact) mass is 320 g/mol. The van der Waals surface area contributed by atoms with Crippen molar-refractivity contribution in [1.29, 1.82) is 0 Å². The quantitative estimate of drug-likeness (QED) is 0.574. The van der Waals surface area contributed by atoms with Crippen LogP contribution in [0.5, 0.6) is 0 Å². The largest absolute Gasteiger partial charge is 0.458 e. The zero-order valence-electron chi connectivity index (χ0n) is 12.2. The van der Waals surface area contributed by atoms with Gasteiger partial charge in [-0.15, -0.1) is 0 Å². The van der Waals surface area contributed by atoms with Crippen LogP contribution in [0.15, 0.2) is 0 Å². The lowest BCUT2D eigenvalue weighted by Gasteiger charge is -2.42. The Bertz CT molecular complexity index is 298. The molecule has 5 atom stereocenters. The fourth-order valence-electron chi connectivity index (χ4n) is 2.17. The van der Waals surface area contributed by atoms with Gasteiger partial charge in [-0.1, -0.05) is 36.7 Å². The molecule has 0 N–H and O–H groups in total. The highest BCUT2D eigenvalue weighted by molar-refractivity contribution is 9.09. The van der Waals surface area contributed by atoms with E-state index in [9.17, 15) is 4.79 Å². The molecule has 1 rings (SSSR count). The lowest BCUT2D eigenvalue weighted by molar-refractivity contribution is -0.185. The van der Waals surface area contributed by atoms with E-state index in [1.807, 2.05) is 20.8 Å². The van der Waals surface area contributed by atoms with Crippen molar-refractivity contribution in [3.63, 3.8) is 0 Å². The lowest BCUT2D eigenvalue weighted by Crippen LogP contribution is -2.49. The minimum atomic E-state index is -0.475. The van der Waals surface area contributed by atoms with Crippen LogP contribution in [-0.4, -0.2) is 23.2 Å². The van der Waals surface area contributed by atoms with Gasteiger partial charge in [0.25, 0.3) is 0 Å². The van der Waals surface area contributed by atoms with Crippen LogP contribution in [0.3, 0.4) is 0 Å². The van der Waals surface area contributed by atoms with E-state index < -0.39 is 5.41 Å². The highest BCUT2D eigenvalue weighted by atomic mass is 79.9. The molecule has 0 aromatic heterocycles. The first-order valence-corrected chi connectivity index (χ1v) is 7.60. The van der Waals surface area contributed by atoms with Gasteiger partial charge in [0.1, 0.15) is 11.1 Å². The summed E-state index contributed by atoms with van der Waals surface area (Å²) in [4.78, 5) is 12.0. The summed E-state index contributed by atoms with van der Waals surface area (Å²) in [5, 5.41) is -0.208. The Kier molecular flexibility index (Phi) is 5.24. The van der Waals surface area contributed by atoms with Crippen LogP contribution in [-0.2, 0) is 14.3 Å². The Labute approximate surface area is 119 Å². The molecule has 1 saturated heterocycles. The number of esters is 1. The van der Waals surface area contributed by atoms with Gasteiger partial charge in [-0.2, -0.15) is 0 Å². The Morgan fingerprint density at radius 2 is 1.83 bits per heavy atom. The molecule has 1 fully saturated rings. The maximum atomic E-state index is 12.0. The van der Waals surface area contributed by atoms with Gasteiger partial charge in [-0.25, -0.2) is 0 Å². The molecular formula is C14H25BrO3. The van der Waals surface area contributed by atoms with E-state index in [1.54, 1.807) is 0 Å². The van der Waals surface area contributed by atoms with Gasteiger partial charge < -0.3 is 9.47 Å². The molecule has 1 heterocycles. The summed E-state index contributed by atoms with van der Waals surface area (Å²) in [6.07, 6.45) is 0.997. The smallest absolute Gasteiger partial charge is 0.311 e. The molecule has 0 aliphatic carbocycles. The second kappa shape index (κ2) is 5.91. The first-order chi connectivity index (χ1) is 8.18. The number of carbonyl (C=O) groups excluding carboxylic acids is 1. The fourth-order valence-corrected chi connectivity index (χ4v) is 3.04. The Morgan fingerprint density at radius 1 is 1.28 bits per heavy atom. The van der Waals surface area contributed by atoms with Gasteiger partial charge in [0.05, 0.1) is 11.5 Å². The first kappa shape index (κ1) is 16.0. The number of halogens is 1. The zero-order chi connectivity index (χ0) is 14.1.